The maximum atomic E-state index is 9.99. The number of aromatic hydroxyl groups is 2. The predicted octanol–water partition coefficient (Wildman–Crippen LogP) is 4.72. The molecule has 1 unspecified atom stereocenters. The van der Waals surface area contributed by atoms with E-state index in [0.717, 1.165) is 30.9 Å². The second-order valence-electron chi connectivity index (χ2n) is 8.71. The Hall–Kier alpha value is -3.18. The van der Waals surface area contributed by atoms with Gasteiger partial charge in [-0.3, -0.25) is 4.90 Å². The third kappa shape index (κ3) is 4.39. The lowest BCUT2D eigenvalue weighted by Gasteiger charge is -2.39. The van der Waals surface area contributed by atoms with Gasteiger partial charge in [-0.25, -0.2) is 0 Å². The van der Waals surface area contributed by atoms with Crippen molar-refractivity contribution in [3.05, 3.63) is 83.4 Å². The summed E-state index contributed by atoms with van der Waals surface area (Å²) in [5.74, 6) is 1.47. The van der Waals surface area contributed by atoms with E-state index in [1.54, 1.807) is 18.2 Å². The van der Waals surface area contributed by atoms with Crippen molar-refractivity contribution in [3.8, 4) is 17.2 Å². The predicted molar refractivity (Wildman–Crippen MR) is 127 cm³/mol. The van der Waals surface area contributed by atoms with E-state index in [4.69, 9.17) is 4.74 Å². The average Bonchev–Trinajstić information content (AvgIpc) is 3.33. The highest BCUT2D eigenvalue weighted by Gasteiger charge is 2.29. The second-order valence-corrected chi connectivity index (χ2v) is 8.71. The van der Waals surface area contributed by atoms with Gasteiger partial charge in [-0.15, -0.1) is 0 Å². The maximum Gasteiger partial charge on any atom is 0.119 e. The summed E-state index contributed by atoms with van der Waals surface area (Å²) in [7, 11) is 0. The molecule has 0 amide bonds. The van der Waals surface area contributed by atoms with Crippen molar-refractivity contribution < 1.29 is 14.9 Å². The minimum atomic E-state index is 0.0301. The van der Waals surface area contributed by atoms with Crippen LogP contribution in [0.3, 0.4) is 0 Å². The topological polar surface area (TPSA) is 56.2 Å². The first kappa shape index (κ1) is 20.7. The second kappa shape index (κ2) is 9.13. The van der Waals surface area contributed by atoms with E-state index in [-0.39, 0.29) is 11.8 Å². The van der Waals surface area contributed by atoms with E-state index in [9.17, 15) is 10.2 Å². The van der Waals surface area contributed by atoms with Crippen LogP contribution in [0.1, 0.15) is 35.6 Å². The SMILES string of the molecule is Oc1ccc(N2CCc3cc(O)ccc3C2c2ccc(OCCN3CCCC3)cc2)cc1. The van der Waals surface area contributed by atoms with Gasteiger partial charge < -0.3 is 19.8 Å². The van der Waals surface area contributed by atoms with Crippen molar-refractivity contribution in [1.82, 2.24) is 4.90 Å². The van der Waals surface area contributed by atoms with Crippen molar-refractivity contribution in [3.63, 3.8) is 0 Å². The molecule has 166 valence electrons. The van der Waals surface area contributed by atoms with E-state index in [1.165, 1.54) is 42.6 Å². The van der Waals surface area contributed by atoms with Crippen LogP contribution in [0.2, 0.25) is 0 Å². The molecule has 0 bridgehead atoms. The third-order valence-corrected chi connectivity index (χ3v) is 6.61. The smallest absolute Gasteiger partial charge is 0.119 e. The molecule has 2 N–H and O–H groups in total. The molecule has 2 heterocycles. The number of likely N-dealkylation sites (tertiary alicyclic amines) is 1. The van der Waals surface area contributed by atoms with Crippen LogP contribution in [0.25, 0.3) is 0 Å². The van der Waals surface area contributed by atoms with Gasteiger partial charge in [-0.05, 0) is 97.6 Å². The fourth-order valence-corrected chi connectivity index (χ4v) is 4.94. The van der Waals surface area contributed by atoms with Crippen molar-refractivity contribution in [2.24, 2.45) is 0 Å². The van der Waals surface area contributed by atoms with E-state index >= 15 is 0 Å². The number of anilines is 1. The fraction of sp³-hybridized carbons (Fsp3) is 0.333. The monoisotopic (exact) mass is 430 g/mol. The molecular formula is C27H30N2O3. The Kier molecular flexibility index (Phi) is 5.91. The molecule has 0 radical (unpaired) electrons. The van der Waals surface area contributed by atoms with E-state index in [1.807, 2.05) is 24.3 Å². The number of benzene rings is 3. The van der Waals surface area contributed by atoms with Crippen LogP contribution < -0.4 is 9.64 Å². The lowest BCUT2D eigenvalue weighted by Crippen LogP contribution is -2.36. The summed E-state index contributed by atoms with van der Waals surface area (Å²) in [5.41, 5.74) is 4.62. The first-order valence-corrected chi connectivity index (χ1v) is 11.5. The maximum absolute atomic E-state index is 9.99. The molecule has 2 aliphatic rings. The highest BCUT2D eigenvalue weighted by atomic mass is 16.5. The molecule has 0 aliphatic carbocycles. The number of ether oxygens (including phenoxy) is 1. The molecular weight excluding hydrogens is 400 g/mol. The summed E-state index contributed by atoms with van der Waals surface area (Å²) in [6, 6.07) is 21.5. The Bertz CT molecular complexity index is 1040. The number of fused-ring (bicyclic) bond motifs is 1. The van der Waals surface area contributed by atoms with Crippen LogP contribution in [0.4, 0.5) is 5.69 Å². The van der Waals surface area contributed by atoms with Crippen molar-refractivity contribution in [2.45, 2.75) is 25.3 Å². The summed E-state index contributed by atoms with van der Waals surface area (Å²) in [4.78, 5) is 4.82. The fourth-order valence-electron chi connectivity index (χ4n) is 4.94. The molecule has 32 heavy (non-hydrogen) atoms. The molecule has 5 rings (SSSR count). The van der Waals surface area contributed by atoms with E-state index in [2.05, 4.69) is 34.1 Å². The van der Waals surface area contributed by atoms with Crippen LogP contribution in [0, 0.1) is 0 Å². The molecule has 2 aliphatic heterocycles. The van der Waals surface area contributed by atoms with Gasteiger partial charge in [0.25, 0.3) is 0 Å². The van der Waals surface area contributed by atoms with Gasteiger partial charge in [0.2, 0.25) is 0 Å². The van der Waals surface area contributed by atoms with Crippen molar-refractivity contribution in [2.75, 3.05) is 37.7 Å². The van der Waals surface area contributed by atoms with Crippen LogP contribution >= 0.6 is 0 Å². The number of nitrogens with zero attached hydrogens (tertiary/aromatic N) is 2. The molecule has 0 saturated carbocycles. The molecule has 3 aromatic rings. The lowest BCUT2D eigenvalue weighted by atomic mass is 9.87. The summed E-state index contributed by atoms with van der Waals surface area (Å²) >= 11 is 0. The van der Waals surface area contributed by atoms with Crippen molar-refractivity contribution in [1.29, 1.82) is 0 Å². The van der Waals surface area contributed by atoms with Crippen LogP contribution in [-0.4, -0.2) is 47.9 Å². The van der Waals surface area contributed by atoms with Gasteiger partial charge in [0.05, 0.1) is 6.04 Å². The first-order valence-electron chi connectivity index (χ1n) is 11.5. The van der Waals surface area contributed by atoms with E-state index in [0.29, 0.717) is 12.4 Å². The minimum absolute atomic E-state index is 0.0301. The van der Waals surface area contributed by atoms with Gasteiger partial charge in [0.15, 0.2) is 0 Å². The molecule has 1 atom stereocenters. The Morgan fingerprint density at radius 2 is 1.53 bits per heavy atom. The third-order valence-electron chi connectivity index (χ3n) is 6.61. The average molecular weight is 431 g/mol. The summed E-state index contributed by atoms with van der Waals surface area (Å²) in [6.45, 7) is 4.90. The Labute approximate surface area is 189 Å². The number of rotatable bonds is 6. The molecule has 5 heteroatoms. The van der Waals surface area contributed by atoms with Gasteiger partial charge >= 0.3 is 0 Å². The zero-order valence-electron chi connectivity index (χ0n) is 18.3. The summed E-state index contributed by atoms with van der Waals surface area (Å²) < 4.78 is 6.00. The number of hydrogen-bond acceptors (Lipinski definition) is 5. The molecule has 1 saturated heterocycles. The number of phenols is 2. The standard InChI is InChI=1S/C27H30N2O3/c30-23-7-5-22(6-8-23)29-16-13-21-19-24(31)9-12-26(21)27(29)20-3-10-25(11-4-20)32-18-17-28-14-1-2-15-28/h3-12,19,27,30-31H,1-2,13-18H2. The highest BCUT2D eigenvalue weighted by molar-refractivity contribution is 5.58. The molecule has 1 fully saturated rings. The van der Waals surface area contributed by atoms with Crippen LogP contribution in [0.15, 0.2) is 66.7 Å². The largest absolute Gasteiger partial charge is 0.508 e. The first-order chi connectivity index (χ1) is 15.7. The van der Waals surface area contributed by atoms with Crippen molar-refractivity contribution >= 4 is 5.69 Å². The zero-order chi connectivity index (χ0) is 21.9. The van der Waals surface area contributed by atoms with Gasteiger partial charge in [0.1, 0.15) is 23.9 Å². The van der Waals surface area contributed by atoms with Crippen LogP contribution in [-0.2, 0) is 6.42 Å². The molecule has 0 aromatic heterocycles. The Morgan fingerprint density at radius 1 is 0.812 bits per heavy atom. The minimum Gasteiger partial charge on any atom is -0.508 e. The lowest BCUT2D eigenvalue weighted by molar-refractivity contribution is 0.237. The Balaban J connectivity index is 1.39. The van der Waals surface area contributed by atoms with Gasteiger partial charge in [0, 0.05) is 18.8 Å². The molecule has 5 nitrogen and oxygen atoms in total. The van der Waals surface area contributed by atoms with Gasteiger partial charge in [-0.1, -0.05) is 18.2 Å². The quantitative estimate of drug-likeness (QED) is 0.592. The molecule has 3 aromatic carbocycles. The van der Waals surface area contributed by atoms with Gasteiger partial charge in [-0.2, -0.15) is 0 Å². The summed E-state index contributed by atoms with van der Waals surface area (Å²) in [6.07, 6.45) is 3.46. The summed E-state index contributed by atoms with van der Waals surface area (Å²) in [5, 5.41) is 19.7. The zero-order valence-corrected chi connectivity index (χ0v) is 18.3. The number of phenolic OH excluding ortho intramolecular Hbond substituents is 2. The number of hydrogen-bond donors (Lipinski definition) is 2. The Morgan fingerprint density at radius 3 is 2.28 bits per heavy atom. The molecule has 0 spiro atoms. The highest BCUT2D eigenvalue weighted by Crippen LogP contribution is 2.40. The van der Waals surface area contributed by atoms with Crippen LogP contribution in [0.5, 0.6) is 17.2 Å². The normalized spacial score (nSPS) is 18.5. The van der Waals surface area contributed by atoms with E-state index < -0.39 is 0 Å².